The van der Waals surface area contributed by atoms with Crippen LogP contribution in [-0.4, -0.2) is 18.1 Å². The fraction of sp³-hybridized carbons (Fsp3) is 0.0833. The summed E-state index contributed by atoms with van der Waals surface area (Å²) in [6.07, 6.45) is 1.71. The Bertz CT molecular complexity index is 503. The van der Waals surface area contributed by atoms with E-state index >= 15 is 0 Å². The highest BCUT2D eigenvalue weighted by atomic mass is 16.5. The maximum atomic E-state index is 11.3. The minimum Gasteiger partial charge on any atom is -0.464 e. The van der Waals surface area contributed by atoms with E-state index in [1.165, 1.54) is 7.11 Å². The highest BCUT2D eigenvalue weighted by Crippen LogP contribution is 2.28. The van der Waals surface area contributed by atoms with Crippen molar-refractivity contribution in [3.05, 3.63) is 42.2 Å². The number of hydrogen-bond donors (Lipinski definition) is 2. The number of ether oxygens (including phenoxy) is 1. The third kappa shape index (κ3) is 1.65. The first-order chi connectivity index (χ1) is 7.74. The van der Waals surface area contributed by atoms with E-state index in [4.69, 9.17) is 5.73 Å². The summed E-state index contributed by atoms with van der Waals surface area (Å²) >= 11 is 0. The van der Waals surface area contributed by atoms with Crippen molar-refractivity contribution in [3.63, 3.8) is 0 Å². The quantitative estimate of drug-likeness (QED) is 0.755. The van der Waals surface area contributed by atoms with Crippen LogP contribution in [0.15, 0.2) is 36.5 Å². The van der Waals surface area contributed by atoms with Crippen LogP contribution in [0.5, 0.6) is 0 Å². The van der Waals surface area contributed by atoms with Crippen molar-refractivity contribution in [3.8, 4) is 11.1 Å². The molecule has 0 aliphatic carbocycles. The molecule has 1 heterocycles. The van der Waals surface area contributed by atoms with E-state index in [2.05, 4.69) is 9.72 Å². The van der Waals surface area contributed by atoms with Crippen LogP contribution in [0.4, 0.5) is 5.69 Å². The molecule has 0 saturated carbocycles. The van der Waals surface area contributed by atoms with Gasteiger partial charge in [0.25, 0.3) is 0 Å². The lowest BCUT2D eigenvalue weighted by molar-refractivity contribution is 0.0596. The largest absolute Gasteiger partial charge is 0.464 e. The summed E-state index contributed by atoms with van der Waals surface area (Å²) < 4.78 is 4.62. The summed E-state index contributed by atoms with van der Waals surface area (Å²) in [6.45, 7) is 0. The number of methoxy groups -OCH3 is 1. The molecule has 0 bridgehead atoms. The van der Waals surface area contributed by atoms with Gasteiger partial charge in [0, 0.05) is 11.8 Å². The van der Waals surface area contributed by atoms with Gasteiger partial charge in [0.15, 0.2) is 0 Å². The van der Waals surface area contributed by atoms with E-state index < -0.39 is 5.97 Å². The molecule has 0 spiro atoms. The molecule has 2 aromatic rings. The summed E-state index contributed by atoms with van der Waals surface area (Å²) in [5, 5.41) is 0. The van der Waals surface area contributed by atoms with Crippen LogP contribution in [0, 0.1) is 0 Å². The zero-order chi connectivity index (χ0) is 11.5. The number of aromatic nitrogens is 1. The molecule has 0 radical (unpaired) electrons. The predicted octanol–water partition coefficient (Wildman–Crippen LogP) is 2.05. The second-order valence-electron chi connectivity index (χ2n) is 3.35. The van der Waals surface area contributed by atoms with Crippen LogP contribution in [0.1, 0.15) is 10.5 Å². The molecule has 82 valence electrons. The van der Waals surface area contributed by atoms with Crippen molar-refractivity contribution < 1.29 is 9.53 Å². The first kappa shape index (κ1) is 10.3. The summed E-state index contributed by atoms with van der Waals surface area (Å²) in [7, 11) is 1.32. The molecule has 0 fully saturated rings. The van der Waals surface area contributed by atoms with Gasteiger partial charge in [0.05, 0.1) is 12.8 Å². The zero-order valence-corrected chi connectivity index (χ0v) is 8.86. The number of carbonyl (C=O) groups excluding carboxylic acids is 1. The standard InChI is InChI=1S/C12H12N2O2/c1-16-12(15)11-10(13)9(7-14-11)8-5-3-2-4-6-8/h2-7,14H,13H2,1H3. The number of hydrogen-bond acceptors (Lipinski definition) is 3. The van der Waals surface area contributed by atoms with E-state index in [1.807, 2.05) is 30.3 Å². The van der Waals surface area contributed by atoms with Gasteiger partial charge >= 0.3 is 5.97 Å². The molecular weight excluding hydrogens is 204 g/mol. The first-order valence-corrected chi connectivity index (χ1v) is 4.84. The van der Waals surface area contributed by atoms with Gasteiger partial charge in [0.1, 0.15) is 5.69 Å². The number of H-pyrrole nitrogens is 1. The number of nitrogens with two attached hydrogens (primary N) is 1. The van der Waals surface area contributed by atoms with Gasteiger partial charge in [-0.1, -0.05) is 30.3 Å². The van der Waals surface area contributed by atoms with Crippen molar-refractivity contribution in [1.82, 2.24) is 4.98 Å². The number of esters is 1. The SMILES string of the molecule is COC(=O)c1[nH]cc(-c2ccccc2)c1N. The molecule has 16 heavy (non-hydrogen) atoms. The molecule has 0 unspecified atom stereocenters. The smallest absolute Gasteiger partial charge is 0.356 e. The third-order valence-electron chi connectivity index (χ3n) is 2.39. The first-order valence-electron chi connectivity index (χ1n) is 4.84. The average Bonchev–Trinajstić information content (AvgIpc) is 2.71. The maximum Gasteiger partial charge on any atom is 0.356 e. The number of nitrogens with one attached hydrogen (secondary N) is 1. The van der Waals surface area contributed by atoms with Crippen molar-refractivity contribution in [1.29, 1.82) is 0 Å². The monoisotopic (exact) mass is 216 g/mol. The number of rotatable bonds is 2. The third-order valence-corrected chi connectivity index (χ3v) is 2.39. The van der Waals surface area contributed by atoms with Crippen LogP contribution in [0.3, 0.4) is 0 Å². The molecule has 0 saturated heterocycles. The van der Waals surface area contributed by atoms with E-state index in [-0.39, 0.29) is 0 Å². The van der Waals surface area contributed by atoms with E-state index in [0.29, 0.717) is 11.4 Å². The second kappa shape index (κ2) is 4.10. The van der Waals surface area contributed by atoms with Crippen molar-refractivity contribution in [2.45, 2.75) is 0 Å². The summed E-state index contributed by atoms with van der Waals surface area (Å²) in [5.41, 5.74) is 8.36. The molecule has 0 atom stereocenters. The Morgan fingerprint density at radius 1 is 1.31 bits per heavy atom. The van der Waals surface area contributed by atoms with Crippen LogP contribution in [0.2, 0.25) is 0 Å². The molecule has 0 amide bonds. The molecule has 0 aliphatic rings. The van der Waals surface area contributed by atoms with E-state index in [1.54, 1.807) is 6.20 Å². The molecule has 2 rings (SSSR count). The van der Waals surface area contributed by atoms with Crippen LogP contribution >= 0.6 is 0 Å². The average molecular weight is 216 g/mol. The Kier molecular flexibility index (Phi) is 2.64. The summed E-state index contributed by atoms with van der Waals surface area (Å²) in [4.78, 5) is 14.2. The Balaban J connectivity index is 2.45. The van der Waals surface area contributed by atoms with Gasteiger partial charge in [-0.2, -0.15) is 0 Å². The van der Waals surface area contributed by atoms with Crippen molar-refractivity contribution in [2.75, 3.05) is 12.8 Å². The highest BCUT2D eigenvalue weighted by molar-refractivity contribution is 5.98. The minimum atomic E-state index is -0.459. The molecular formula is C12H12N2O2. The van der Waals surface area contributed by atoms with Crippen LogP contribution in [-0.2, 0) is 4.74 Å². The number of nitrogen functional groups attached to an aromatic ring is 1. The lowest BCUT2D eigenvalue weighted by Crippen LogP contribution is -2.04. The molecule has 4 heteroatoms. The Morgan fingerprint density at radius 2 is 2.00 bits per heavy atom. The zero-order valence-electron chi connectivity index (χ0n) is 8.86. The van der Waals surface area contributed by atoms with Gasteiger partial charge in [0.2, 0.25) is 0 Å². The molecule has 1 aromatic carbocycles. The number of benzene rings is 1. The fourth-order valence-corrected chi connectivity index (χ4v) is 1.56. The number of anilines is 1. The predicted molar refractivity (Wildman–Crippen MR) is 62.0 cm³/mol. The van der Waals surface area contributed by atoms with Gasteiger partial charge in [-0.3, -0.25) is 0 Å². The number of carbonyl (C=O) groups is 1. The van der Waals surface area contributed by atoms with E-state index in [9.17, 15) is 4.79 Å². The lowest BCUT2D eigenvalue weighted by Gasteiger charge is -2.00. The summed E-state index contributed by atoms with van der Waals surface area (Å²) in [6, 6.07) is 9.62. The van der Waals surface area contributed by atoms with Crippen molar-refractivity contribution >= 4 is 11.7 Å². The van der Waals surface area contributed by atoms with Crippen LogP contribution in [0.25, 0.3) is 11.1 Å². The van der Waals surface area contributed by atoms with Gasteiger partial charge < -0.3 is 15.5 Å². The second-order valence-corrected chi connectivity index (χ2v) is 3.35. The molecule has 0 aliphatic heterocycles. The fourth-order valence-electron chi connectivity index (χ4n) is 1.56. The van der Waals surface area contributed by atoms with Gasteiger partial charge in [-0.05, 0) is 5.56 Å². The van der Waals surface area contributed by atoms with Gasteiger partial charge in [-0.15, -0.1) is 0 Å². The summed E-state index contributed by atoms with van der Waals surface area (Å²) in [5.74, 6) is -0.459. The van der Waals surface area contributed by atoms with Crippen molar-refractivity contribution in [2.24, 2.45) is 0 Å². The minimum absolute atomic E-state index is 0.293. The maximum absolute atomic E-state index is 11.3. The van der Waals surface area contributed by atoms with E-state index in [0.717, 1.165) is 11.1 Å². The lowest BCUT2D eigenvalue weighted by atomic mass is 10.1. The van der Waals surface area contributed by atoms with Gasteiger partial charge in [-0.25, -0.2) is 4.79 Å². The molecule has 4 nitrogen and oxygen atoms in total. The Labute approximate surface area is 93.0 Å². The molecule has 1 aromatic heterocycles. The Hall–Kier alpha value is -2.23. The topological polar surface area (TPSA) is 68.1 Å². The van der Waals surface area contributed by atoms with Crippen LogP contribution < -0.4 is 5.73 Å². The normalized spacial score (nSPS) is 10.1. The molecule has 3 N–H and O–H groups in total. The Morgan fingerprint density at radius 3 is 2.62 bits per heavy atom. The highest BCUT2D eigenvalue weighted by Gasteiger charge is 2.15. The number of aromatic amines is 1.